The Labute approximate surface area is 100 Å². The van der Waals surface area contributed by atoms with Crippen molar-refractivity contribution in [2.75, 3.05) is 0 Å². The second kappa shape index (κ2) is 8.99. The van der Waals surface area contributed by atoms with E-state index in [9.17, 15) is 0 Å². The van der Waals surface area contributed by atoms with Gasteiger partial charge in [-0.1, -0.05) is 0 Å². The van der Waals surface area contributed by atoms with E-state index in [0.717, 1.165) is 0 Å². The van der Waals surface area contributed by atoms with E-state index >= 15 is 0 Å². The summed E-state index contributed by atoms with van der Waals surface area (Å²) in [5, 5.41) is 0. The zero-order chi connectivity index (χ0) is 4.50. The van der Waals surface area contributed by atoms with Gasteiger partial charge in [-0.3, -0.25) is 8.42 Å². The van der Waals surface area contributed by atoms with E-state index in [1.807, 2.05) is 0 Å². The summed E-state index contributed by atoms with van der Waals surface area (Å²) in [5.74, 6) is 0. The van der Waals surface area contributed by atoms with Crippen molar-refractivity contribution in [1.29, 1.82) is 0 Å². The van der Waals surface area contributed by atoms with Crippen molar-refractivity contribution in [2.24, 2.45) is 0 Å². The quantitative estimate of drug-likeness (QED) is 0.225. The molecule has 0 fully saturated rings. The van der Waals surface area contributed by atoms with Crippen molar-refractivity contribution in [3.8, 4) is 0 Å². The molecule has 0 bridgehead atoms. The third-order valence-corrected chi connectivity index (χ3v) is 0. The maximum absolute atomic E-state index is 8.52. The molecule has 0 aliphatic heterocycles. The Balaban J connectivity index is -0.0000000267. The Bertz CT molecular complexity index is 95.6. The molecule has 5 nitrogen and oxygen atoms in total. The van der Waals surface area contributed by atoms with Crippen LogP contribution in [0.5, 0.6) is 0 Å². The van der Waals surface area contributed by atoms with E-state index < -0.39 is 10.4 Å². The van der Waals surface area contributed by atoms with Crippen LogP contribution in [0.1, 0.15) is 0 Å². The largest absolute Gasteiger partial charge is 1.00 e. The van der Waals surface area contributed by atoms with Gasteiger partial charge in [0.1, 0.15) is 0 Å². The Morgan fingerprint density at radius 2 is 1.12 bits per heavy atom. The normalized spacial score (nSPS) is 7.25. The summed E-state index contributed by atoms with van der Waals surface area (Å²) in [7, 11) is -5.17. The monoisotopic (exact) mass is 209 g/mol. The molecule has 0 aromatic carbocycles. The van der Waals surface area contributed by atoms with Gasteiger partial charge in [-0.2, -0.15) is 0 Å². The molecule has 0 rings (SSSR count). The van der Waals surface area contributed by atoms with Crippen molar-refractivity contribution in [3.05, 3.63) is 0 Å². The fraction of sp³-hybridized carbons (Fsp3) is 0. The molecule has 0 aliphatic carbocycles. The SMILES string of the molecule is O.O=S(=O)([O-])[O-].[Fe].[K+]. The summed E-state index contributed by atoms with van der Waals surface area (Å²) in [5.41, 5.74) is 0. The first-order valence-corrected chi connectivity index (χ1v) is 2.00. The average molecular weight is 209 g/mol. The van der Waals surface area contributed by atoms with Crippen LogP contribution in [-0.2, 0) is 27.5 Å². The molecule has 2 N–H and O–H groups in total. The molecule has 0 heterocycles. The molecule has 0 aromatic rings. The second-order valence-corrected chi connectivity index (χ2v) is 1.22. The van der Waals surface area contributed by atoms with E-state index in [1.54, 1.807) is 0 Å². The van der Waals surface area contributed by atoms with E-state index in [2.05, 4.69) is 0 Å². The number of rotatable bonds is 0. The predicted octanol–water partition coefficient (Wildman–Crippen LogP) is -5.16. The van der Waals surface area contributed by atoms with Crippen molar-refractivity contribution in [1.82, 2.24) is 0 Å². The predicted molar refractivity (Wildman–Crippen MR) is 14.1 cm³/mol. The molecule has 0 aromatic heterocycles. The van der Waals surface area contributed by atoms with E-state index in [-0.39, 0.29) is 73.9 Å². The zero-order valence-corrected chi connectivity index (χ0v) is 8.94. The van der Waals surface area contributed by atoms with Crippen LogP contribution in [-0.4, -0.2) is 23.0 Å². The average Bonchev–Trinajstić information content (AvgIpc) is 0.722. The van der Waals surface area contributed by atoms with Crippen LogP contribution in [0.25, 0.3) is 0 Å². The molecule has 0 unspecified atom stereocenters. The molecule has 0 spiro atoms. The molecule has 8 heavy (non-hydrogen) atoms. The summed E-state index contributed by atoms with van der Waals surface area (Å²) in [6.07, 6.45) is 0. The standard InChI is InChI=1S/Fe.K.H2O4S.H2O/c;;1-5(2,3)4;/h;;(H2,1,2,3,4);1H2/q;+1;;/p-2. The summed E-state index contributed by atoms with van der Waals surface area (Å²) in [6, 6.07) is 0. The summed E-state index contributed by atoms with van der Waals surface area (Å²) < 4.78 is 34.1. The van der Waals surface area contributed by atoms with Gasteiger partial charge in [-0.15, -0.1) is 0 Å². The molecule has 8 heteroatoms. The maximum Gasteiger partial charge on any atom is 1.00 e. The van der Waals surface area contributed by atoms with Gasteiger partial charge in [-0.25, -0.2) is 0 Å². The van der Waals surface area contributed by atoms with Crippen LogP contribution in [0.4, 0.5) is 0 Å². The smallest absolute Gasteiger partial charge is 0.759 e. The molecule has 0 amide bonds. The van der Waals surface area contributed by atoms with Gasteiger partial charge in [0.05, 0.1) is 0 Å². The molecular formula is H2FeKO5S-. The Hall–Kier alpha value is 1.99. The summed E-state index contributed by atoms with van der Waals surface area (Å²) in [4.78, 5) is 0. The van der Waals surface area contributed by atoms with E-state index in [0.29, 0.717) is 0 Å². The van der Waals surface area contributed by atoms with E-state index in [4.69, 9.17) is 17.5 Å². The molecule has 0 aliphatic rings. The van der Waals surface area contributed by atoms with Gasteiger partial charge in [-0.05, 0) is 0 Å². The molecule has 0 radical (unpaired) electrons. The minimum atomic E-state index is -5.17. The fourth-order valence-corrected chi connectivity index (χ4v) is 0. The summed E-state index contributed by atoms with van der Waals surface area (Å²) in [6.45, 7) is 0. The van der Waals surface area contributed by atoms with Crippen molar-refractivity contribution in [3.63, 3.8) is 0 Å². The van der Waals surface area contributed by atoms with Gasteiger partial charge in [0.25, 0.3) is 0 Å². The summed E-state index contributed by atoms with van der Waals surface area (Å²) >= 11 is 0. The van der Waals surface area contributed by atoms with Gasteiger partial charge >= 0.3 is 51.4 Å². The van der Waals surface area contributed by atoms with Gasteiger partial charge < -0.3 is 14.6 Å². The number of hydrogen-bond acceptors (Lipinski definition) is 4. The first-order chi connectivity index (χ1) is 2.00. The van der Waals surface area contributed by atoms with Crippen LogP contribution in [0.15, 0.2) is 0 Å². The molecule has 48 valence electrons. The fourth-order valence-electron chi connectivity index (χ4n) is 0. The van der Waals surface area contributed by atoms with Crippen molar-refractivity contribution < 1.29 is 91.5 Å². The van der Waals surface area contributed by atoms with Crippen LogP contribution in [0.2, 0.25) is 0 Å². The Morgan fingerprint density at radius 3 is 1.12 bits per heavy atom. The molecular weight excluding hydrogens is 207 g/mol. The van der Waals surface area contributed by atoms with E-state index in [1.165, 1.54) is 0 Å². The minimum Gasteiger partial charge on any atom is -0.759 e. The first kappa shape index (κ1) is 22.5. The third kappa shape index (κ3) is 98.8. The number of hydrogen-bond donors (Lipinski definition) is 0. The van der Waals surface area contributed by atoms with Gasteiger partial charge in [0.15, 0.2) is 0 Å². The van der Waals surface area contributed by atoms with Crippen LogP contribution in [0, 0.1) is 0 Å². The topological polar surface area (TPSA) is 112 Å². The molecule has 0 saturated heterocycles. The molecule has 0 saturated carbocycles. The van der Waals surface area contributed by atoms with Crippen LogP contribution < -0.4 is 51.4 Å². The first-order valence-electron chi connectivity index (χ1n) is 0.667. The third-order valence-electron chi connectivity index (χ3n) is 0. The Morgan fingerprint density at radius 1 is 1.12 bits per heavy atom. The second-order valence-electron chi connectivity index (χ2n) is 0.408. The van der Waals surface area contributed by atoms with Crippen molar-refractivity contribution >= 4 is 10.4 Å². The zero-order valence-electron chi connectivity index (χ0n) is 3.89. The molecule has 0 atom stereocenters. The minimum absolute atomic E-state index is 0. The van der Waals surface area contributed by atoms with Crippen molar-refractivity contribution in [2.45, 2.75) is 0 Å². The Kier molecular flexibility index (Phi) is 25.3. The maximum atomic E-state index is 8.52. The van der Waals surface area contributed by atoms with Crippen LogP contribution in [0.3, 0.4) is 0 Å². The van der Waals surface area contributed by atoms with Gasteiger partial charge in [0, 0.05) is 27.5 Å². The van der Waals surface area contributed by atoms with Crippen LogP contribution >= 0.6 is 0 Å². The van der Waals surface area contributed by atoms with Gasteiger partial charge in [0.2, 0.25) is 0 Å².